The van der Waals surface area contributed by atoms with Gasteiger partial charge in [0.1, 0.15) is 0 Å². The molecule has 0 N–H and O–H groups in total. The highest BCUT2D eigenvalue weighted by molar-refractivity contribution is 7.99. The Hall–Kier alpha value is -0.420. The van der Waals surface area contributed by atoms with Crippen LogP contribution in [0.5, 0.6) is 0 Å². The van der Waals surface area contributed by atoms with E-state index in [2.05, 4.69) is 9.80 Å². The molecule has 1 amide bonds. The summed E-state index contributed by atoms with van der Waals surface area (Å²) in [6.07, 6.45) is 4.39. The molecule has 2 fully saturated rings. The van der Waals surface area contributed by atoms with Gasteiger partial charge in [-0.1, -0.05) is 23.2 Å². The summed E-state index contributed by atoms with van der Waals surface area (Å²) in [7, 11) is 0. The highest BCUT2D eigenvalue weighted by atomic mass is 35.5. The molecule has 3 aliphatic rings. The number of benzene rings is 1. The largest absolute Gasteiger partial charge is 0.336 e. The van der Waals surface area contributed by atoms with E-state index < -0.39 is 0 Å². The Kier molecular flexibility index (Phi) is 5.52. The monoisotopic (exact) mass is 398 g/mol. The minimum absolute atomic E-state index is 0.0473. The summed E-state index contributed by atoms with van der Waals surface area (Å²) in [4.78, 5) is 18.1. The van der Waals surface area contributed by atoms with Crippen LogP contribution in [0.4, 0.5) is 0 Å². The lowest BCUT2D eigenvalue weighted by atomic mass is 9.99. The molecule has 0 radical (unpaired) electrons. The van der Waals surface area contributed by atoms with Gasteiger partial charge in [-0.05, 0) is 62.0 Å². The molecule has 1 aromatic rings. The molecule has 25 heavy (non-hydrogen) atoms. The summed E-state index contributed by atoms with van der Waals surface area (Å²) in [5, 5.41) is 1.15. The average molecular weight is 399 g/mol. The van der Waals surface area contributed by atoms with Gasteiger partial charge in [0.15, 0.2) is 0 Å². The van der Waals surface area contributed by atoms with Crippen molar-refractivity contribution < 1.29 is 4.79 Å². The van der Waals surface area contributed by atoms with Gasteiger partial charge >= 0.3 is 0 Å². The standard InChI is InChI=1S/C19H24Cl2N2OS/c20-17-9-13-3-4-15(16(13)10-18(17)21)19(24)23-7-8-25-12-14(23)11-22-5-1-2-6-22/h9-10,14-15H,1-8,11-12H2/t14-,15+/m0/s1. The van der Waals surface area contributed by atoms with E-state index in [0.717, 1.165) is 43.0 Å². The number of amides is 1. The van der Waals surface area contributed by atoms with Crippen molar-refractivity contribution >= 4 is 40.9 Å². The third-order valence-electron chi connectivity index (χ3n) is 5.74. The zero-order valence-corrected chi connectivity index (χ0v) is 16.7. The third-order valence-corrected chi connectivity index (χ3v) is 7.55. The van der Waals surface area contributed by atoms with Crippen LogP contribution in [-0.4, -0.2) is 59.4 Å². The van der Waals surface area contributed by atoms with Gasteiger partial charge in [-0.2, -0.15) is 11.8 Å². The molecule has 1 aromatic carbocycles. The van der Waals surface area contributed by atoms with Gasteiger partial charge < -0.3 is 9.80 Å². The molecule has 136 valence electrons. The number of hydrogen-bond acceptors (Lipinski definition) is 3. The Morgan fingerprint density at radius 1 is 1.16 bits per heavy atom. The number of likely N-dealkylation sites (tertiary alicyclic amines) is 1. The molecule has 2 aliphatic heterocycles. The second-order valence-corrected chi connectivity index (χ2v) is 9.29. The number of halogens is 2. The van der Waals surface area contributed by atoms with Crippen LogP contribution in [0.15, 0.2) is 12.1 Å². The molecule has 0 aromatic heterocycles. The average Bonchev–Trinajstić information content (AvgIpc) is 3.25. The summed E-state index contributed by atoms with van der Waals surface area (Å²) in [5.41, 5.74) is 2.28. The molecular formula is C19H24Cl2N2OS. The van der Waals surface area contributed by atoms with Gasteiger partial charge in [-0.25, -0.2) is 0 Å². The van der Waals surface area contributed by atoms with Gasteiger partial charge in [0, 0.05) is 24.6 Å². The van der Waals surface area contributed by atoms with E-state index in [1.54, 1.807) is 0 Å². The summed E-state index contributed by atoms with van der Waals surface area (Å²) in [5.74, 6) is 2.35. The van der Waals surface area contributed by atoms with Crippen molar-refractivity contribution in [3.05, 3.63) is 33.3 Å². The van der Waals surface area contributed by atoms with Crippen molar-refractivity contribution in [2.24, 2.45) is 0 Å². The smallest absolute Gasteiger partial charge is 0.230 e. The number of carbonyl (C=O) groups is 1. The summed E-state index contributed by atoms with van der Waals surface area (Å²) >= 11 is 14.4. The molecule has 4 rings (SSSR count). The van der Waals surface area contributed by atoms with Crippen molar-refractivity contribution in [2.75, 3.05) is 37.7 Å². The van der Waals surface area contributed by atoms with Crippen molar-refractivity contribution in [1.29, 1.82) is 0 Å². The van der Waals surface area contributed by atoms with Crippen LogP contribution in [0, 0.1) is 0 Å². The molecular weight excluding hydrogens is 375 g/mol. The highest BCUT2D eigenvalue weighted by Crippen LogP contribution is 2.39. The first kappa shape index (κ1) is 18.0. The lowest BCUT2D eigenvalue weighted by Crippen LogP contribution is -2.52. The SMILES string of the molecule is O=C([C@@H]1CCc2cc(Cl)c(Cl)cc21)N1CCSC[C@@H]1CN1CCCC1. The van der Waals surface area contributed by atoms with Crippen molar-refractivity contribution in [3.8, 4) is 0 Å². The summed E-state index contributed by atoms with van der Waals surface area (Å²) < 4.78 is 0. The van der Waals surface area contributed by atoms with Gasteiger partial charge in [0.2, 0.25) is 5.91 Å². The van der Waals surface area contributed by atoms with Gasteiger partial charge in [0.05, 0.1) is 22.0 Å². The van der Waals surface area contributed by atoms with Gasteiger partial charge in [0.25, 0.3) is 0 Å². The van der Waals surface area contributed by atoms with E-state index in [-0.39, 0.29) is 5.92 Å². The molecule has 3 nitrogen and oxygen atoms in total. The van der Waals surface area contributed by atoms with Crippen LogP contribution in [-0.2, 0) is 11.2 Å². The molecule has 0 spiro atoms. The molecule has 0 unspecified atom stereocenters. The van der Waals surface area contributed by atoms with Crippen molar-refractivity contribution in [3.63, 3.8) is 0 Å². The zero-order chi connectivity index (χ0) is 17.4. The van der Waals surface area contributed by atoms with E-state index >= 15 is 0 Å². The Balaban J connectivity index is 1.52. The zero-order valence-electron chi connectivity index (χ0n) is 14.3. The summed E-state index contributed by atoms with van der Waals surface area (Å²) in [6, 6.07) is 4.21. The van der Waals surface area contributed by atoms with E-state index in [4.69, 9.17) is 23.2 Å². The molecule has 2 heterocycles. The number of rotatable bonds is 3. The molecule has 0 bridgehead atoms. The highest BCUT2D eigenvalue weighted by Gasteiger charge is 2.37. The number of carbonyl (C=O) groups excluding carboxylic acids is 1. The number of fused-ring (bicyclic) bond motifs is 1. The number of thioether (sulfide) groups is 1. The Morgan fingerprint density at radius 2 is 1.92 bits per heavy atom. The number of aryl methyl sites for hydroxylation is 1. The van der Waals surface area contributed by atoms with Crippen molar-refractivity contribution in [1.82, 2.24) is 9.80 Å². The van der Waals surface area contributed by atoms with Crippen LogP contribution in [0.1, 0.15) is 36.3 Å². The molecule has 6 heteroatoms. The Bertz CT molecular complexity index is 663. The van der Waals surface area contributed by atoms with E-state index in [1.165, 1.54) is 31.5 Å². The topological polar surface area (TPSA) is 23.6 Å². The second-order valence-electron chi connectivity index (χ2n) is 7.32. The number of hydrogen-bond donors (Lipinski definition) is 0. The molecule has 2 atom stereocenters. The van der Waals surface area contributed by atoms with Crippen LogP contribution in [0.2, 0.25) is 10.0 Å². The normalized spacial score (nSPS) is 26.9. The quantitative estimate of drug-likeness (QED) is 0.766. The van der Waals surface area contributed by atoms with Crippen LogP contribution < -0.4 is 0 Å². The minimum Gasteiger partial charge on any atom is -0.336 e. The second kappa shape index (κ2) is 7.67. The Morgan fingerprint density at radius 3 is 2.72 bits per heavy atom. The number of nitrogens with zero attached hydrogens (tertiary/aromatic N) is 2. The van der Waals surface area contributed by atoms with E-state index in [9.17, 15) is 4.79 Å². The maximum Gasteiger partial charge on any atom is 0.230 e. The lowest BCUT2D eigenvalue weighted by Gasteiger charge is -2.39. The fourth-order valence-electron chi connectivity index (χ4n) is 4.42. The predicted molar refractivity (Wildman–Crippen MR) is 106 cm³/mol. The predicted octanol–water partition coefficient (Wildman–Crippen LogP) is 4.06. The minimum atomic E-state index is -0.0473. The third kappa shape index (κ3) is 3.69. The van der Waals surface area contributed by atoms with Crippen LogP contribution >= 0.6 is 35.0 Å². The maximum atomic E-state index is 13.4. The van der Waals surface area contributed by atoms with Gasteiger partial charge in [-0.3, -0.25) is 4.79 Å². The first-order chi connectivity index (χ1) is 12.1. The molecule has 0 saturated carbocycles. The molecule has 2 saturated heterocycles. The summed E-state index contributed by atoms with van der Waals surface area (Å²) in [6.45, 7) is 4.27. The van der Waals surface area contributed by atoms with Gasteiger partial charge in [-0.15, -0.1) is 0 Å². The molecule has 1 aliphatic carbocycles. The van der Waals surface area contributed by atoms with Crippen LogP contribution in [0.25, 0.3) is 0 Å². The Labute approximate surface area is 164 Å². The first-order valence-electron chi connectivity index (χ1n) is 9.22. The van der Waals surface area contributed by atoms with Crippen LogP contribution in [0.3, 0.4) is 0 Å². The lowest BCUT2D eigenvalue weighted by molar-refractivity contribution is -0.135. The van der Waals surface area contributed by atoms with E-state index in [0.29, 0.717) is 22.0 Å². The fraction of sp³-hybridized carbons (Fsp3) is 0.632. The maximum absolute atomic E-state index is 13.4. The van der Waals surface area contributed by atoms with E-state index in [1.807, 2.05) is 23.9 Å². The van der Waals surface area contributed by atoms with Crippen molar-refractivity contribution in [2.45, 2.75) is 37.6 Å². The first-order valence-corrected chi connectivity index (χ1v) is 11.1. The fourth-order valence-corrected chi connectivity index (χ4v) is 5.82.